The molecule has 0 atom stereocenters. The fourth-order valence-corrected chi connectivity index (χ4v) is 4.92. The van der Waals surface area contributed by atoms with E-state index in [9.17, 15) is 9.18 Å². The molecule has 0 saturated heterocycles. The van der Waals surface area contributed by atoms with Crippen LogP contribution in [0.1, 0.15) is 50.4 Å². The lowest BCUT2D eigenvalue weighted by Gasteiger charge is -2.20. The zero-order valence-corrected chi connectivity index (χ0v) is 22.2. The number of azo groups is 1. The zero-order chi connectivity index (χ0) is 26.2. The van der Waals surface area contributed by atoms with Gasteiger partial charge in [0.2, 0.25) is 0 Å². The zero-order valence-electron chi connectivity index (χ0n) is 21.4. The third-order valence-electron chi connectivity index (χ3n) is 6.05. The van der Waals surface area contributed by atoms with Gasteiger partial charge in [0.05, 0.1) is 33.8 Å². The molecule has 1 aromatic heterocycles. The van der Waals surface area contributed by atoms with Crippen molar-refractivity contribution in [3.05, 3.63) is 72.0 Å². The van der Waals surface area contributed by atoms with Crippen LogP contribution < -0.4 is 4.90 Å². The molecule has 8 heteroatoms. The summed E-state index contributed by atoms with van der Waals surface area (Å²) < 4.78 is 20.5. The van der Waals surface area contributed by atoms with Gasteiger partial charge in [0.15, 0.2) is 0 Å². The maximum absolute atomic E-state index is 14.6. The SMILES string of the molecule is CCCCCOC(=O)c1cc2sc(-c3ccc(N=Nc4ccc(N(CC)CC)cc4)cc3)nc2cc1F. The first-order valence-electron chi connectivity index (χ1n) is 12.7. The molecule has 0 N–H and O–H groups in total. The highest BCUT2D eigenvalue weighted by molar-refractivity contribution is 7.21. The highest BCUT2D eigenvalue weighted by Crippen LogP contribution is 2.33. The summed E-state index contributed by atoms with van der Waals surface area (Å²) in [5.74, 6) is -1.26. The number of anilines is 1. The van der Waals surface area contributed by atoms with Crippen molar-refractivity contribution < 1.29 is 13.9 Å². The number of nitrogens with zero attached hydrogens (tertiary/aromatic N) is 4. The monoisotopic (exact) mass is 518 g/mol. The van der Waals surface area contributed by atoms with Crippen LogP contribution in [0, 0.1) is 5.82 Å². The van der Waals surface area contributed by atoms with E-state index in [2.05, 4.69) is 53.0 Å². The Kier molecular flexibility index (Phi) is 8.95. The summed E-state index contributed by atoms with van der Waals surface area (Å²) in [6, 6.07) is 18.4. The number of benzene rings is 3. The number of carbonyl (C=O) groups excluding carboxylic acids is 1. The quantitative estimate of drug-likeness (QED) is 0.113. The number of unbranched alkanes of at least 4 members (excludes halogenated alkanes) is 2. The number of aromatic nitrogens is 1. The standard InChI is InChI=1S/C29H31FN4O2S/c1-4-7-8-17-36-29(35)24-18-27-26(19-25(24)30)31-28(37-27)20-9-11-21(12-10-20)32-33-22-13-15-23(16-14-22)34(5-2)6-3/h9-16,18-19H,4-8,17H2,1-3H3. The Bertz CT molecular complexity index is 1360. The van der Waals surface area contributed by atoms with E-state index in [4.69, 9.17) is 4.74 Å². The summed E-state index contributed by atoms with van der Waals surface area (Å²) in [7, 11) is 0. The second kappa shape index (κ2) is 12.5. The van der Waals surface area contributed by atoms with Crippen molar-refractivity contribution in [2.75, 3.05) is 24.6 Å². The Morgan fingerprint density at radius 3 is 2.22 bits per heavy atom. The molecule has 0 aliphatic carbocycles. The van der Waals surface area contributed by atoms with Crippen molar-refractivity contribution in [2.24, 2.45) is 10.2 Å². The number of ether oxygens (including phenoxy) is 1. The van der Waals surface area contributed by atoms with E-state index < -0.39 is 11.8 Å². The first kappa shape index (κ1) is 26.4. The van der Waals surface area contributed by atoms with Crippen LogP contribution in [0.3, 0.4) is 0 Å². The molecule has 0 spiro atoms. The minimum absolute atomic E-state index is 0.0555. The van der Waals surface area contributed by atoms with Gasteiger partial charge >= 0.3 is 5.97 Å². The van der Waals surface area contributed by atoms with Gasteiger partial charge in [-0.3, -0.25) is 0 Å². The minimum atomic E-state index is -0.636. The molecular weight excluding hydrogens is 487 g/mol. The van der Waals surface area contributed by atoms with Gasteiger partial charge in [-0.25, -0.2) is 14.2 Å². The second-order valence-corrected chi connectivity index (χ2v) is 9.63. The average Bonchev–Trinajstić information content (AvgIpc) is 3.34. The molecule has 6 nitrogen and oxygen atoms in total. The Labute approximate surface area is 220 Å². The molecule has 37 heavy (non-hydrogen) atoms. The average molecular weight is 519 g/mol. The molecular formula is C29H31FN4O2S. The van der Waals surface area contributed by atoms with E-state index in [1.165, 1.54) is 29.2 Å². The first-order valence-corrected chi connectivity index (χ1v) is 13.5. The maximum atomic E-state index is 14.6. The Morgan fingerprint density at radius 1 is 0.946 bits per heavy atom. The largest absolute Gasteiger partial charge is 0.462 e. The number of hydrogen-bond donors (Lipinski definition) is 0. The third kappa shape index (κ3) is 6.57. The summed E-state index contributed by atoms with van der Waals surface area (Å²) in [5.41, 5.74) is 4.01. The van der Waals surface area contributed by atoms with Crippen LogP contribution >= 0.6 is 11.3 Å². The highest BCUT2D eigenvalue weighted by atomic mass is 32.1. The molecule has 0 fully saturated rings. The van der Waals surface area contributed by atoms with Crippen molar-refractivity contribution in [1.82, 2.24) is 4.98 Å². The van der Waals surface area contributed by atoms with Gasteiger partial charge in [0.25, 0.3) is 0 Å². The number of esters is 1. The molecule has 192 valence electrons. The number of fused-ring (bicyclic) bond motifs is 1. The predicted octanol–water partition coefficient (Wildman–Crippen LogP) is 8.71. The maximum Gasteiger partial charge on any atom is 0.341 e. The molecule has 4 aromatic rings. The molecule has 0 amide bonds. The predicted molar refractivity (Wildman–Crippen MR) is 149 cm³/mol. The molecule has 0 unspecified atom stereocenters. The summed E-state index contributed by atoms with van der Waals surface area (Å²) in [5, 5.41) is 9.42. The molecule has 0 aliphatic rings. The van der Waals surface area contributed by atoms with Crippen LogP contribution in [0.4, 0.5) is 21.5 Å². The van der Waals surface area contributed by atoms with Gasteiger partial charge in [-0.1, -0.05) is 19.8 Å². The van der Waals surface area contributed by atoms with E-state index in [1.54, 1.807) is 0 Å². The van der Waals surface area contributed by atoms with Crippen LogP contribution in [0.2, 0.25) is 0 Å². The summed E-state index contributed by atoms with van der Waals surface area (Å²) in [4.78, 5) is 19.2. The van der Waals surface area contributed by atoms with E-state index in [0.29, 0.717) is 12.1 Å². The summed E-state index contributed by atoms with van der Waals surface area (Å²) >= 11 is 1.40. The lowest BCUT2D eigenvalue weighted by Crippen LogP contribution is -2.21. The summed E-state index contributed by atoms with van der Waals surface area (Å²) in [6.45, 7) is 8.55. The third-order valence-corrected chi connectivity index (χ3v) is 7.12. The van der Waals surface area contributed by atoms with Crippen LogP contribution in [0.25, 0.3) is 20.8 Å². The molecule has 0 radical (unpaired) electrons. The van der Waals surface area contributed by atoms with Crippen molar-refractivity contribution in [1.29, 1.82) is 0 Å². The highest BCUT2D eigenvalue weighted by Gasteiger charge is 2.17. The van der Waals surface area contributed by atoms with E-state index in [-0.39, 0.29) is 5.56 Å². The van der Waals surface area contributed by atoms with Crippen LogP contribution in [-0.4, -0.2) is 30.6 Å². The van der Waals surface area contributed by atoms with E-state index in [0.717, 1.165) is 59.0 Å². The fourth-order valence-electron chi connectivity index (χ4n) is 3.93. The molecule has 3 aromatic carbocycles. The number of carbonyl (C=O) groups is 1. The number of rotatable bonds is 11. The van der Waals surface area contributed by atoms with Crippen LogP contribution in [-0.2, 0) is 4.74 Å². The second-order valence-electron chi connectivity index (χ2n) is 8.60. The van der Waals surface area contributed by atoms with Crippen molar-refractivity contribution in [2.45, 2.75) is 40.0 Å². The number of halogens is 1. The smallest absolute Gasteiger partial charge is 0.341 e. The molecule has 0 bridgehead atoms. The molecule has 0 aliphatic heterocycles. The molecule has 1 heterocycles. The normalized spacial score (nSPS) is 11.4. The Balaban J connectivity index is 1.45. The fraction of sp³-hybridized carbons (Fsp3) is 0.310. The van der Waals surface area contributed by atoms with Gasteiger partial charge < -0.3 is 9.64 Å². The molecule has 0 saturated carbocycles. The van der Waals surface area contributed by atoms with Crippen molar-refractivity contribution in [3.63, 3.8) is 0 Å². The van der Waals surface area contributed by atoms with Gasteiger partial charge in [-0.05, 0) is 74.9 Å². The van der Waals surface area contributed by atoms with E-state index >= 15 is 0 Å². The van der Waals surface area contributed by atoms with Crippen LogP contribution in [0.15, 0.2) is 70.9 Å². The lowest BCUT2D eigenvalue weighted by molar-refractivity contribution is 0.0493. The van der Waals surface area contributed by atoms with Crippen molar-refractivity contribution >= 4 is 44.6 Å². The first-order chi connectivity index (χ1) is 18.0. The van der Waals surface area contributed by atoms with Crippen LogP contribution in [0.5, 0.6) is 0 Å². The Morgan fingerprint density at radius 2 is 1.59 bits per heavy atom. The van der Waals surface area contributed by atoms with E-state index in [1.807, 2.05) is 36.4 Å². The topological polar surface area (TPSA) is 67.2 Å². The number of hydrogen-bond acceptors (Lipinski definition) is 7. The van der Waals surface area contributed by atoms with Gasteiger partial charge in [-0.2, -0.15) is 10.2 Å². The Hall–Kier alpha value is -3.65. The van der Waals surface area contributed by atoms with Gasteiger partial charge in [0.1, 0.15) is 10.8 Å². The summed E-state index contributed by atoms with van der Waals surface area (Å²) in [6.07, 6.45) is 2.77. The minimum Gasteiger partial charge on any atom is -0.462 e. The molecule has 4 rings (SSSR count). The van der Waals surface area contributed by atoms with Crippen molar-refractivity contribution in [3.8, 4) is 10.6 Å². The lowest BCUT2D eigenvalue weighted by atomic mass is 10.2. The number of thiazole rings is 1. The van der Waals surface area contributed by atoms with Gasteiger partial charge in [0, 0.05) is 30.4 Å². The van der Waals surface area contributed by atoms with Gasteiger partial charge in [-0.15, -0.1) is 11.3 Å².